The third kappa shape index (κ3) is 2.86. The Hall–Kier alpha value is -2.05. The smallest absolute Gasteiger partial charge is 0.471 e. The molecule has 1 aliphatic rings. The minimum atomic E-state index is -5.09. The van der Waals surface area contributed by atoms with Crippen LogP contribution in [0.4, 0.5) is 13.2 Å². The number of carbonyl (C=O) groups excluding carboxylic acids is 1. The van der Waals surface area contributed by atoms with Crippen molar-refractivity contribution in [3.8, 4) is 0 Å². The Morgan fingerprint density at radius 1 is 1.19 bits per heavy atom. The highest BCUT2D eigenvalue weighted by Crippen LogP contribution is 2.41. The zero-order valence-electron chi connectivity index (χ0n) is 11.1. The van der Waals surface area contributed by atoms with Gasteiger partial charge in [-0.3, -0.25) is 4.79 Å². The number of benzene rings is 1. The van der Waals surface area contributed by atoms with E-state index in [0.717, 1.165) is 0 Å². The fraction of sp³-hybridized carbons (Fsp3) is 0.429. The molecule has 1 aromatic rings. The third-order valence-electron chi connectivity index (χ3n) is 3.77. The van der Waals surface area contributed by atoms with Crippen LogP contribution in [0.3, 0.4) is 0 Å². The summed E-state index contributed by atoms with van der Waals surface area (Å²) < 4.78 is 38.3. The van der Waals surface area contributed by atoms with Crippen molar-refractivity contribution in [3.63, 3.8) is 0 Å². The number of carbonyl (C=O) groups is 2. The first kappa shape index (κ1) is 15.3. The molecule has 0 unspecified atom stereocenters. The number of rotatable bonds is 4. The van der Waals surface area contributed by atoms with Crippen molar-refractivity contribution in [2.24, 2.45) is 0 Å². The van der Waals surface area contributed by atoms with Crippen molar-refractivity contribution in [2.45, 2.75) is 37.5 Å². The van der Waals surface area contributed by atoms with Gasteiger partial charge in [-0.15, -0.1) is 0 Å². The molecule has 1 amide bonds. The highest BCUT2D eigenvalue weighted by atomic mass is 19.4. The van der Waals surface area contributed by atoms with E-state index in [0.29, 0.717) is 16.9 Å². The van der Waals surface area contributed by atoms with Gasteiger partial charge in [0.25, 0.3) is 0 Å². The van der Waals surface area contributed by atoms with Crippen LogP contribution in [0.1, 0.15) is 24.8 Å². The van der Waals surface area contributed by atoms with Gasteiger partial charge in [-0.2, -0.15) is 13.2 Å². The van der Waals surface area contributed by atoms with Crippen molar-refractivity contribution in [3.05, 3.63) is 35.9 Å². The summed E-state index contributed by atoms with van der Waals surface area (Å²) in [4.78, 5) is 23.5. The first-order valence-electron chi connectivity index (χ1n) is 6.43. The zero-order chi connectivity index (χ0) is 15.7. The van der Waals surface area contributed by atoms with E-state index >= 15 is 0 Å². The maximum atomic E-state index is 12.8. The highest BCUT2D eigenvalue weighted by molar-refractivity contribution is 5.90. The molecule has 0 bridgehead atoms. The lowest BCUT2D eigenvalue weighted by molar-refractivity contribution is -0.200. The Labute approximate surface area is 119 Å². The van der Waals surface area contributed by atoms with Crippen LogP contribution in [0.5, 0.6) is 0 Å². The first-order valence-corrected chi connectivity index (χ1v) is 6.43. The highest BCUT2D eigenvalue weighted by Gasteiger charge is 2.56. The van der Waals surface area contributed by atoms with Crippen LogP contribution < -0.4 is 0 Å². The Morgan fingerprint density at radius 3 is 2.14 bits per heavy atom. The molecule has 1 saturated carbocycles. The SMILES string of the molecule is O=C(N(Cc1ccccc1)C1(C(=O)O)CCC1)C(F)(F)F. The Kier molecular flexibility index (Phi) is 3.93. The second kappa shape index (κ2) is 5.38. The van der Waals surface area contributed by atoms with Crippen molar-refractivity contribution in [2.75, 3.05) is 0 Å². The van der Waals surface area contributed by atoms with Crippen molar-refractivity contribution < 1.29 is 27.9 Å². The molecule has 0 saturated heterocycles. The number of halogens is 3. The fourth-order valence-corrected chi connectivity index (χ4v) is 2.45. The number of alkyl halides is 3. The lowest BCUT2D eigenvalue weighted by Crippen LogP contribution is -2.63. The molecule has 114 valence electrons. The van der Waals surface area contributed by atoms with Gasteiger partial charge in [0.05, 0.1) is 0 Å². The average Bonchev–Trinajstić information content (AvgIpc) is 2.35. The second-order valence-electron chi connectivity index (χ2n) is 5.06. The van der Waals surface area contributed by atoms with Crippen LogP contribution in [0.2, 0.25) is 0 Å². The fourth-order valence-electron chi connectivity index (χ4n) is 2.45. The second-order valence-corrected chi connectivity index (χ2v) is 5.06. The molecule has 0 radical (unpaired) electrons. The Morgan fingerprint density at radius 2 is 1.76 bits per heavy atom. The maximum Gasteiger partial charge on any atom is 0.471 e. The summed E-state index contributed by atoms with van der Waals surface area (Å²) >= 11 is 0. The summed E-state index contributed by atoms with van der Waals surface area (Å²) in [5.74, 6) is -3.49. The van der Waals surface area contributed by atoms with Crippen LogP contribution in [0.25, 0.3) is 0 Å². The summed E-state index contributed by atoms with van der Waals surface area (Å²) in [6, 6.07) is 8.06. The molecule has 1 aromatic carbocycles. The predicted octanol–water partition coefficient (Wildman–Crippen LogP) is 2.58. The minimum absolute atomic E-state index is 0.0387. The molecule has 0 heterocycles. The predicted molar refractivity (Wildman–Crippen MR) is 67.3 cm³/mol. The number of aliphatic carboxylic acids is 1. The standard InChI is InChI=1S/C14H14F3NO3/c15-14(16,17)11(19)18(9-10-5-2-1-3-6-10)13(12(20)21)7-4-8-13/h1-3,5-6H,4,7-9H2,(H,20,21). The number of carboxylic acid groups (broad SMARTS) is 1. The molecule has 2 rings (SSSR count). The largest absolute Gasteiger partial charge is 0.479 e. The van der Waals surface area contributed by atoms with Crippen molar-refractivity contribution in [1.29, 1.82) is 0 Å². The van der Waals surface area contributed by atoms with E-state index in [9.17, 15) is 27.9 Å². The molecule has 4 nitrogen and oxygen atoms in total. The molecule has 7 heteroatoms. The van der Waals surface area contributed by atoms with E-state index in [2.05, 4.69) is 0 Å². The van der Waals surface area contributed by atoms with Gasteiger partial charge in [0.2, 0.25) is 0 Å². The van der Waals surface area contributed by atoms with Crippen molar-refractivity contribution >= 4 is 11.9 Å². The number of nitrogens with zero attached hydrogens (tertiary/aromatic N) is 1. The number of hydrogen-bond donors (Lipinski definition) is 1. The van der Waals surface area contributed by atoms with Crippen LogP contribution >= 0.6 is 0 Å². The van der Waals surface area contributed by atoms with Gasteiger partial charge in [-0.25, -0.2) is 4.79 Å². The first-order chi connectivity index (χ1) is 9.77. The van der Waals surface area contributed by atoms with Crippen LogP contribution in [0.15, 0.2) is 30.3 Å². The van der Waals surface area contributed by atoms with Crippen LogP contribution in [-0.2, 0) is 16.1 Å². The average molecular weight is 301 g/mol. The molecule has 1 fully saturated rings. The minimum Gasteiger partial charge on any atom is -0.479 e. The lowest BCUT2D eigenvalue weighted by Gasteiger charge is -2.46. The van der Waals surface area contributed by atoms with E-state index in [4.69, 9.17) is 0 Å². The van der Waals surface area contributed by atoms with E-state index in [1.807, 2.05) is 0 Å². The molecule has 0 spiro atoms. The molecular formula is C14H14F3NO3. The van der Waals surface area contributed by atoms with Gasteiger partial charge in [-0.1, -0.05) is 30.3 Å². The van der Waals surface area contributed by atoms with Gasteiger partial charge in [0, 0.05) is 6.54 Å². The molecule has 1 aliphatic carbocycles. The molecule has 0 aromatic heterocycles. The van der Waals surface area contributed by atoms with E-state index in [1.165, 1.54) is 0 Å². The molecule has 0 aliphatic heterocycles. The number of amides is 1. The molecule has 0 atom stereocenters. The monoisotopic (exact) mass is 301 g/mol. The van der Waals surface area contributed by atoms with E-state index in [1.54, 1.807) is 30.3 Å². The Balaban J connectivity index is 2.35. The third-order valence-corrected chi connectivity index (χ3v) is 3.77. The van der Waals surface area contributed by atoms with Gasteiger partial charge in [0.1, 0.15) is 5.54 Å². The topological polar surface area (TPSA) is 57.6 Å². The molecular weight excluding hydrogens is 287 g/mol. The summed E-state index contributed by atoms with van der Waals surface area (Å²) in [5, 5.41) is 9.29. The van der Waals surface area contributed by atoms with Gasteiger partial charge >= 0.3 is 18.1 Å². The van der Waals surface area contributed by atoms with Gasteiger partial charge in [0.15, 0.2) is 0 Å². The van der Waals surface area contributed by atoms with Gasteiger partial charge in [-0.05, 0) is 24.8 Å². The maximum absolute atomic E-state index is 12.8. The Bertz CT molecular complexity index is 538. The normalized spacial score (nSPS) is 16.9. The summed E-state index contributed by atoms with van der Waals surface area (Å²) in [6.45, 7) is -0.370. The van der Waals surface area contributed by atoms with E-state index in [-0.39, 0.29) is 19.4 Å². The lowest BCUT2D eigenvalue weighted by atomic mass is 9.75. The van der Waals surface area contributed by atoms with Crippen molar-refractivity contribution in [1.82, 2.24) is 4.90 Å². The summed E-state index contributed by atoms with van der Waals surface area (Å²) in [7, 11) is 0. The summed E-state index contributed by atoms with van der Waals surface area (Å²) in [5.41, 5.74) is -1.29. The molecule has 21 heavy (non-hydrogen) atoms. The number of carboxylic acids is 1. The quantitative estimate of drug-likeness (QED) is 0.930. The zero-order valence-corrected chi connectivity index (χ0v) is 11.1. The van der Waals surface area contributed by atoms with Crippen LogP contribution in [-0.4, -0.2) is 33.6 Å². The van der Waals surface area contributed by atoms with Crippen LogP contribution in [0, 0.1) is 0 Å². The number of hydrogen-bond acceptors (Lipinski definition) is 2. The molecule has 1 N–H and O–H groups in total. The van der Waals surface area contributed by atoms with Gasteiger partial charge < -0.3 is 10.0 Å². The van der Waals surface area contributed by atoms with E-state index < -0.39 is 23.6 Å². The summed E-state index contributed by atoms with van der Waals surface area (Å²) in [6.07, 6.45) is -4.52.